The van der Waals surface area contributed by atoms with Gasteiger partial charge >= 0.3 is 0 Å². The van der Waals surface area contributed by atoms with Gasteiger partial charge in [-0.25, -0.2) is 0 Å². The summed E-state index contributed by atoms with van der Waals surface area (Å²) in [6.07, 6.45) is 6.95. The molecule has 6 aromatic rings. The Labute approximate surface area is 163 Å². The van der Waals surface area contributed by atoms with Crippen LogP contribution in [0.5, 0.6) is 0 Å². The standard InChI is InChI=1S/C28H18/c1-2-6-18-16-26-22(13-17(18)5-1)15-21-10-9-20-14-19-7-3-4-8-23(19)24-11-12-25(26)28(21)27(20)24/h1-2,4-6,8-16H,3,7H2. The molecule has 0 saturated heterocycles. The van der Waals surface area contributed by atoms with E-state index in [1.165, 1.54) is 65.0 Å². The van der Waals surface area contributed by atoms with Crippen molar-refractivity contribution in [3.63, 3.8) is 0 Å². The van der Waals surface area contributed by atoms with Gasteiger partial charge in [0.15, 0.2) is 0 Å². The maximum absolute atomic E-state index is 2.42. The van der Waals surface area contributed by atoms with Crippen molar-refractivity contribution in [1.29, 1.82) is 0 Å². The van der Waals surface area contributed by atoms with E-state index < -0.39 is 0 Å². The zero-order valence-corrected chi connectivity index (χ0v) is 15.5. The van der Waals surface area contributed by atoms with Gasteiger partial charge in [0.2, 0.25) is 0 Å². The molecule has 0 heterocycles. The fourth-order valence-corrected chi connectivity index (χ4v) is 5.30. The van der Waals surface area contributed by atoms with Crippen molar-refractivity contribution in [2.24, 2.45) is 0 Å². The van der Waals surface area contributed by atoms with E-state index in [-0.39, 0.29) is 0 Å². The molecule has 0 heteroatoms. The highest BCUT2D eigenvalue weighted by atomic mass is 14.2. The lowest BCUT2D eigenvalue weighted by molar-refractivity contribution is 0.992. The first kappa shape index (κ1) is 14.6. The summed E-state index contributed by atoms with van der Waals surface area (Å²) in [4.78, 5) is 0. The fraction of sp³-hybridized carbons (Fsp3) is 0.0714. The van der Waals surface area contributed by atoms with Crippen molar-refractivity contribution in [2.75, 3.05) is 0 Å². The zero-order valence-electron chi connectivity index (χ0n) is 15.5. The number of rotatable bonds is 0. The van der Waals surface area contributed by atoms with E-state index >= 15 is 0 Å². The molecule has 0 fully saturated rings. The van der Waals surface area contributed by atoms with E-state index in [2.05, 4.69) is 84.9 Å². The van der Waals surface area contributed by atoms with Crippen molar-refractivity contribution < 1.29 is 0 Å². The van der Waals surface area contributed by atoms with Crippen LogP contribution in [-0.2, 0) is 6.42 Å². The first-order chi connectivity index (χ1) is 13.9. The van der Waals surface area contributed by atoms with Crippen molar-refractivity contribution >= 4 is 59.9 Å². The maximum atomic E-state index is 2.42. The molecular formula is C28H18. The first-order valence-electron chi connectivity index (χ1n) is 10.1. The third-order valence-electron chi connectivity index (χ3n) is 6.57. The summed E-state index contributed by atoms with van der Waals surface area (Å²) in [5.41, 5.74) is 2.91. The first-order valence-corrected chi connectivity index (χ1v) is 10.1. The Kier molecular flexibility index (Phi) is 2.67. The van der Waals surface area contributed by atoms with Crippen molar-refractivity contribution in [1.82, 2.24) is 0 Å². The van der Waals surface area contributed by atoms with Crippen LogP contribution in [-0.4, -0.2) is 0 Å². The third-order valence-corrected chi connectivity index (χ3v) is 6.57. The Morgan fingerprint density at radius 1 is 0.536 bits per heavy atom. The molecule has 0 aliphatic heterocycles. The Morgan fingerprint density at radius 3 is 2.14 bits per heavy atom. The topological polar surface area (TPSA) is 0 Å². The summed E-state index contributed by atoms with van der Waals surface area (Å²) in [6.45, 7) is 0. The van der Waals surface area contributed by atoms with Crippen LogP contribution in [0.2, 0.25) is 0 Å². The molecule has 0 unspecified atom stereocenters. The minimum absolute atomic E-state index is 1.15. The van der Waals surface area contributed by atoms with Gasteiger partial charge < -0.3 is 0 Å². The van der Waals surface area contributed by atoms with Crippen LogP contribution < -0.4 is 0 Å². The second kappa shape index (κ2) is 5.11. The fourth-order valence-electron chi connectivity index (χ4n) is 5.30. The lowest BCUT2D eigenvalue weighted by atomic mass is 9.85. The zero-order chi connectivity index (χ0) is 18.2. The molecular weight excluding hydrogens is 336 g/mol. The van der Waals surface area contributed by atoms with Crippen LogP contribution >= 0.6 is 0 Å². The average Bonchev–Trinajstić information content (AvgIpc) is 2.75. The highest BCUT2D eigenvalue weighted by Crippen LogP contribution is 2.42. The van der Waals surface area contributed by atoms with Crippen molar-refractivity contribution in [2.45, 2.75) is 12.8 Å². The molecule has 28 heavy (non-hydrogen) atoms. The van der Waals surface area contributed by atoms with Gasteiger partial charge in [-0.1, -0.05) is 66.7 Å². The van der Waals surface area contributed by atoms with Gasteiger partial charge in [-0.05, 0) is 96.0 Å². The molecule has 0 saturated carbocycles. The second-order valence-electron chi connectivity index (χ2n) is 8.11. The van der Waals surface area contributed by atoms with E-state index in [0.29, 0.717) is 0 Å². The average molecular weight is 354 g/mol. The molecule has 0 radical (unpaired) electrons. The summed E-state index contributed by atoms with van der Waals surface area (Å²) in [6, 6.07) is 27.5. The van der Waals surface area contributed by atoms with Gasteiger partial charge in [-0.15, -0.1) is 0 Å². The van der Waals surface area contributed by atoms with Gasteiger partial charge in [-0.2, -0.15) is 0 Å². The number of hydrogen-bond acceptors (Lipinski definition) is 0. The highest BCUT2D eigenvalue weighted by Gasteiger charge is 2.16. The highest BCUT2D eigenvalue weighted by molar-refractivity contribution is 6.30. The van der Waals surface area contributed by atoms with Gasteiger partial charge in [0.25, 0.3) is 0 Å². The number of allylic oxidation sites excluding steroid dienone is 1. The van der Waals surface area contributed by atoms with E-state index in [1.54, 1.807) is 0 Å². The smallest absolute Gasteiger partial charge is 0.00201 e. The number of hydrogen-bond donors (Lipinski definition) is 0. The molecule has 1 aliphatic rings. The monoisotopic (exact) mass is 354 g/mol. The summed E-state index contributed by atoms with van der Waals surface area (Å²) >= 11 is 0. The van der Waals surface area contributed by atoms with Crippen molar-refractivity contribution in [3.8, 4) is 0 Å². The van der Waals surface area contributed by atoms with Gasteiger partial charge in [0.05, 0.1) is 0 Å². The number of benzene rings is 6. The Hall–Kier alpha value is -3.38. The second-order valence-corrected chi connectivity index (χ2v) is 8.11. The Bertz CT molecular complexity index is 1600. The Balaban J connectivity index is 1.74. The van der Waals surface area contributed by atoms with Crippen LogP contribution in [0.1, 0.15) is 17.5 Å². The predicted octanol–water partition coefficient (Wildman–Crippen LogP) is 7.85. The SMILES string of the molecule is C1=Cc2c(cc3ccc4cc5cc6ccccc6cc5c5ccc2c3c45)CC1. The Morgan fingerprint density at radius 2 is 1.25 bits per heavy atom. The van der Waals surface area contributed by atoms with Crippen LogP contribution in [0.3, 0.4) is 0 Å². The molecule has 0 amide bonds. The van der Waals surface area contributed by atoms with Crippen LogP contribution in [0.15, 0.2) is 78.9 Å². The normalized spacial score (nSPS) is 14.0. The van der Waals surface area contributed by atoms with Gasteiger partial charge in [-0.3, -0.25) is 0 Å². The molecule has 130 valence electrons. The van der Waals surface area contributed by atoms with E-state index in [9.17, 15) is 0 Å². The molecule has 0 N–H and O–H groups in total. The quantitative estimate of drug-likeness (QED) is 0.192. The minimum atomic E-state index is 1.15. The molecule has 0 aromatic heterocycles. The molecule has 0 nitrogen and oxygen atoms in total. The van der Waals surface area contributed by atoms with Crippen LogP contribution in [0.4, 0.5) is 0 Å². The maximum Gasteiger partial charge on any atom is -0.00201 e. The van der Waals surface area contributed by atoms with Crippen molar-refractivity contribution in [3.05, 3.63) is 90.0 Å². The molecule has 7 rings (SSSR count). The summed E-state index contributed by atoms with van der Waals surface area (Å²) in [5, 5.41) is 13.6. The lowest BCUT2D eigenvalue weighted by Gasteiger charge is -2.19. The molecule has 0 spiro atoms. The predicted molar refractivity (Wildman–Crippen MR) is 123 cm³/mol. The molecule has 0 bridgehead atoms. The van der Waals surface area contributed by atoms with Gasteiger partial charge in [0.1, 0.15) is 0 Å². The molecule has 0 atom stereocenters. The van der Waals surface area contributed by atoms with Crippen LogP contribution in [0, 0.1) is 0 Å². The van der Waals surface area contributed by atoms with E-state index in [1.807, 2.05) is 0 Å². The molecule has 6 aromatic carbocycles. The van der Waals surface area contributed by atoms with Crippen LogP contribution in [0.25, 0.3) is 59.9 Å². The summed E-state index contributed by atoms with van der Waals surface area (Å²) in [7, 11) is 0. The van der Waals surface area contributed by atoms with E-state index in [0.717, 1.165) is 12.8 Å². The van der Waals surface area contributed by atoms with Gasteiger partial charge in [0, 0.05) is 0 Å². The summed E-state index contributed by atoms with van der Waals surface area (Å²) < 4.78 is 0. The van der Waals surface area contributed by atoms with E-state index in [4.69, 9.17) is 0 Å². The number of aryl methyl sites for hydroxylation is 1. The number of fused-ring (bicyclic) bond motifs is 5. The largest absolute Gasteiger partial charge is 0.0836 e. The lowest BCUT2D eigenvalue weighted by Crippen LogP contribution is -1.97. The summed E-state index contributed by atoms with van der Waals surface area (Å²) in [5.74, 6) is 0. The minimum Gasteiger partial charge on any atom is -0.0836 e. The molecule has 1 aliphatic carbocycles. The third kappa shape index (κ3) is 1.80.